The summed E-state index contributed by atoms with van der Waals surface area (Å²) in [5, 5.41) is 8.76. The van der Waals surface area contributed by atoms with Crippen LogP contribution in [0.5, 0.6) is 5.75 Å². The molecule has 0 spiro atoms. The fourth-order valence-corrected chi connectivity index (χ4v) is 1.35. The Balaban J connectivity index is 3.58. The van der Waals surface area contributed by atoms with Gasteiger partial charge >= 0.3 is 12.1 Å². The summed E-state index contributed by atoms with van der Waals surface area (Å²) in [5.74, 6) is -1.42. The summed E-state index contributed by atoms with van der Waals surface area (Å²) in [5.41, 5.74) is -2.10. The Kier molecular flexibility index (Phi) is 3.81. The molecular weight excluding hydrogens is 251 g/mol. The number of benzene rings is 1. The van der Waals surface area contributed by atoms with Crippen molar-refractivity contribution in [3.63, 3.8) is 0 Å². The van der Waals surface area contributed by atoms with E-state index >= 15 is 0 Å². The zero-order valence-electron chi connectivity index (χ0n) is 9.46. The van der Waals surface area contributed by atoms with E-state index in [4.69, 9.17) is 5.26 Å². The second kappa shape index (κ2) is 4.96. The van der Waals surface area contributed by atoms with Crippen molar-refractivity contribution in [3.05, 3.63) is 28.8 Å². The number of nitrogens with zero attached hydrogens (tertiary/aromatic N) is 1. The molecule has 0 bridgehead atoms. The van der Waals surface area contributed by atoms with Crippen molar-refractivity contribution in [1.29, 1.82) is 5.26 Å². The van der Waals surface area contributed by atoms with Crippen LogP contribution in [0.4, 0.5) is 13.2 Å². The summed E-state index contributed by atoms with van der Waals surface area (Å²) in [6, 6.07) is 3.05. The number of nitriles is 1. The summed E-state index contributed by atoms with van der Waals surface area (Å²) >= 11 is 0. The van der Waals surface area contributed by atoms with Gasteiger partial charge in [0.25, 0.3) is 0 Å². The minimum atomic E-state index is -4.75. The maximum Gasteiger partial charge on any atom is 0.417 e. The van der Waals surface area contributed by atoms with E-state index in [1.807, 2.05) is 0 Å². The van der Waals surface area contributed by atoms with Crippen molar-refractivity contribution < 1.29 is 27.4 Å². The minimum Gasteiger partial charge on any atom is -0.495 e. The van der Waals surface area contributed by atoms with Crippen molar-refractivity contribution >= 4 is 5.97 Å². The molecule has 0 aliphatic carbocycles. The molecule has 96 valence electrons. The molecule has 0 heterocycles. The summed E-state index contributed by atoms with van der Waals surface area (Å²) in [7, 11) is 2.09. The third-order valence-electron chi connectivity index (χ3n) is 2.17. The van der Waals surface area contributed by atoms with Crippen LogP contribution in [-0.4, -0.2) is 20.2 Å². The molecule has 0 saturated carbocycles. The van der Waals surface area contributed by atoms with E-state index in [9.17, 15) is 18.0 Å². The van der Waals surface area contributed by atoms with Gasteiger partial charge in [-0.25, -0.2) is 4.79 Å². The van der Waals surface area contributed by atoms with Gasteiger partial charge in [-0.1, -0.05) is 0 Å². The van der Waals surface area contributed by atoms with E-state index in [1.54, 1.807) is 6.07 Å². The van der Waals surface area contributed by atoms with Crippen molar-refractivity contribution in [1.82, 2.24) is 0 Å². The lowest BCUT2D eigenvalue weighted by atomic mass is 10.0. The number of alkyl halides is 3. The standard InChI is InChI=1S/C11H8F3NO3/c1-17-9-4-8(11(12,13)14)7(10(16)18-2)3-6(9)5-15/h3-4H,1-2H3. The van der Waals surface area contributed by atoms with Crippen LogP contribution in [0.2, 0.25) is 0 Å². The van der Waals surface area contributed by atoms with Gasteiger partial charge in [0.1, 0.15) is 11.8 Å². The van der Waals surface area contributed by atoms with Gasteiger partial charge in [0.15, 0.2) is 0 Å². The van der Waals surface area contributed by atoms with Crippen LogP contribution >= 0.6 is 0 Å². The molecule has 0 aliphatic heterocycles. The number of esters is 1. The first kappa shape index (κ1) is 13.8. The molecule has 1 aromatic carbocycles. The lowest BCUT2D eigenvalue weighted by Crippen LogP contribution is -2.15. The number of carbonyl (C=O) groups is 1. The Labute approximate surface area is 101 Å². The van der Waals surface area contributed by atoms with Crippen molar-refractivity contribution in [2.24, 2.45) is 0 Å². The normalized spacial score (nSPS) is 10.7. The predicted octanol–water partition coefficient (Wildman–Crippen LogP) is 2.37. The number of methoxy groups -OCH3 is 2. The van der Waals surface area contributed by atoms with Crippen molar-refractivity contribution in [2.45, 2.75) is 6.18 Å². The lowest BCUT2D eigenvalue weighted by molar-refractivity contribution is -0.138. The maximum atomic E-state index is 12.8. The third-order valence-corrected chi connectivity index (χ3v) is 2.17. The van der Waals surface area contributed by atoms with E-state index in [1.165, 1.54) is 0 Å². The van der Waals surface area contributed by atoms with E-state index in [0.29, 0.717) is 6.07 Å². The molecule has 7 heteroatoms. The molecule has 0 unspecified atom stereocenters. The lowest BCUT2D eigenvalue weighted by Gasteiger charge is -2.13. The second-order valence-corrected chi connectivity index (χ2v) is 3.20. The molecule has 1 aromatic rings. The highest BCUT2D eigenvalue weighted by atomic mass is 19.4. The van der Waals surface area contributed by atoms with E-state index in [2.05, 4.69) is 9.47 Å². The highest BCUT2D eigenvalue weighted by Crippen LogP contribution is 2.36. The Hall–Kier alpha value is -2.23. The fraction of sp³-hybridized carbons (Fsp3) is 0.273. The van der Waals surface area contributed by atoms with E-state index in [-0.39, 0.29) is 11.3 Å². The van der Waals surface area contributed by atoms with Gasteiger partial charge in [-0.3, -0.25) is 0 Å². The summed E-state index contributed by atoms with van der Waals surface area (Å²) < 4.78 is 47.2. The molecule has 0 fully saturated rings. The fourth-order valence-electron chi connectivity index (χ4n) is 1.35. The minimum absolute atomic E-state index is 0.175. The Morgan fingerprint density at radius 3 is 2.33 bits per heavy atom. The van der Waals surface area contributed by atoms with Crippen molar-refractivity contribution in [3.8, 4) is 11.8 Å². The zero-order valence-corrected chi connectivity index (χ0v) is 9.46. The largest absolute Gasteiger partial charge is 0.495 e. The molecule has 0 aromatic heterocycles. The molecule has 0 amide bonds. The SMILES string of the molecule is COC(=O)c1cc(C#N)c(OC)cc1C(F)(F)F. The summed E-state index contributed by atoms with van der Waals surface area (Å²) in [6.07, 6.45) is -4.75. The van der Waals surface area contributed by atoms with Gasteiger partial charge in [-0.05, 0) is 12.1 Å². The number of ether oxygens (including phenoxy) is 2. The molecule has 0 atom stereocenters. The highest BCUT2D eigenvalue weighted by molar-refractivity contribution is 5.92. The Morgan fingerprint density at radius 2 is 1.94 bits per heavy atom. The zero-order chi connectivity index (χ0) is 13.9. The quantitative estimate of drug-likeness (QED) is 0.765. The average molecular weight is 259 g/mol. The van der Waals surface area contributed by atoms with Crippen LogP contribution in [0.1, 0.15) is 21.5 Å². The predicted molar refractivity (Wildman–Crippen MR) is 54.1 cm³/mol. The molecule has 0 radical (unpaired) electrons. The van der Waals surface area contributed by atoms with Crippen LogP contribution in [0.3, 0.4) is 0 Å². The van der Waals surface area contributed by atoms with Gasteiger partial charge in [-0.15, -0.1) is 0 Å². The van der Waals surface area contributed by atoms with Crippen LogP contribution < -0.4 is 4.74 Å². The van der Waals surface area contributed by atoms with Crippen molar-refractivity contribution in [2.75, 3.05) is 14.2 Å². The van der Waals surface area contributed by atoms with Crippen LogP contribution in [0.15, 0.2) is 12.1 Å². The average Bonchev–Trinajstić information content (AvgIpc) is 2.34. The van der Waals surface area contributed by atoms with Crippen LogP contribution in [0, 0.1) is 11.3 Å². The Morgan fingerprint density at radius 1 is 1.33 bits per heavy atom. The van der Waals surface area contributed by atoms with E-state index < -0.39 is 23.3 Å². The summed E-state index contributed by atoms with van der Waals surface area (Å²) in [4.78, 5) is 11.3. The van der Waals surface area contributed by atoms with Gasteiger partial charge in [-0.2, -0.15) is 18.4 Å². The molecular formula is C11H8F3NO3. The second-order valence-electron chi connectivity index (χ2n) is 3.20. The first-order valence-electron chi connectivity index (χ1n) is 4.62. The van der Waals surface area contributed by atoms with Crippen LogP contribution in [0.25, 0.3) is 0 Å². The topological polar surface area (TPSA) is 59.3 Å². The number of hydrogen-bond acceptors (Lipinski definition) is 4. The number of rotatable bonds is 2. The van der Waals surface area contributed by atoms with Gasteiger partial charge in [0, 0.05) is 0 Å². The molecule has 4 nitrogen and oxygen atoms in total. The van der Waals surface area contributed by atoms with Gasteiger partial charge in [0.05, 0.1) is 30.9 Å². The number of hydrogen-bond donors (Lipinski definition) is 0. The maximum absolute atomic E-state index is 12.8. The number of carbonyl (C=O) groups excluding carboxylic acids is 1. The summed E-state index contributed by atoms with van der Waals surface area (Å²) in [6.45, 7) is 0. The molecule has 0 N–H and O–H groups in total. The molecule has 0 aliphatic rings. The molecule has 18 heavy (non-hydrogen) atoms. The first-order chi connectivity index (χ1) is 8.35. The van der Waals surface area contributed by atoms with E-state index in [0.717, 1.165) is 20.3 Å². The third kappa shape index (κ3) is 2.53. The molecule has 1 rings (SSSR count). The van der Waals surface area contributed by atoms with Gasteiger partial charge < -0.3 is 9.47 Å². The highest BCUT2D eigenvalue weighted by Gasteiger charge is 2.37. The smallest absolute Gasteiger partial charge is 0.417 e. The number of halogens is 3. The Bertz CT molecular complexity index is 517. The monoisotopic (exact) mass is 259 g/mol. The van der Waals surface area contributed by atoms with Gasteiger partial charge in [0.2, 0.25) is 0 Å². The molecule has 0 saturated heterocycles. The first-order valence-corrected chi connectivity index (χ1v) is 4.62. The van der Waals surface area contributed by atoms with Crippen LogP contribution in [-0.2, 0) is 10.9 Å².